The van der Waals surface area contributed by atoms with Crippen LogP contribution in [0.15, 0.2) is 52.3 Å². The lowest BCUT2D eigenvalue weighted by molar-refractivity contribution is -0.127. The van der Waals surface area contributed by atoms with Gasteiger partial charge < -0.3 is 4.90 Å². The minimum Gasteiger partial charge on any atom is -0.348 e. The Morgan fingerprint density at radius 2 is 1.94 bits per heavy atom. The third kappa shape index (κ3) is 5.90. The van der Waals surface area contributed by atoms with Crippen LogP contribution in [0.5, 0.6) is 0 Å². The lowest BCUT2D eigenvalue weighted by Gasteiger charge is -2.10. The molecule has 0 atom stereocenters. The minimum absolute atomic E-state index is 0.0614. The van der Waals surface area contributed by atoms with Crippen molar-refractivity contribution in [3.63, 3.8) is 0 Å². The third-order valence-corrected chi connectivity index (χ3v) is 7.86. The van der Waals surface area contributed by atoms with E-state index in [1.165, 1.54) is 29.7 Å². The highest BCUT2D eigenvalue weighted by atomic mass is 32.2. The molecule has 0 aliphatic carbocycles. The minimum atomic E-state index is 0.0614. The monoisotopic (exact) mass is 497 g/mol. The molecule has 0 saturated carbocycles. The molecule has 6 nitrogen and oxygen atoms in total. The van der Waals surface area contributed by atoms with Gasteiger partial charge in [-0.3, -0.25) is 9.36 Å². The molecule has 0 spiro atoms. The number of thiazole rings is 1. The maximum absolute atomic E-state index is 12.0. The van der Waals surface area contributed by atoms with Gasteiger partial charge in [0.2, 0.25) is 5.91 Å². The number of hydrogen-bond acceptors (Lipinski definition) is 7. The number of rotatable bonds is 10. The molecule has 4 rings (SSSR count). The summed E-state index contributed by atoms with van der Waals surface area (Å²) in [6, 6.07) is 12.8. The number of aromatic nitrogens is 4. The van der Waals surface area contributed by atoms with Crippen molar-refractivity contribution in [3.05, 3.63) is 63.4 Å². The Hall–Kier alpha value is -2.49. The highest BCUT2D eigenvalue weighted by Gasteiger charge is 2.18. The number of unbranched alkanes of at least 4 members (excludes halogenated alkanes) is 1. The molecule has 0 saturated heterocycles. The molecule has 0 radical (unpaired) electrons. The molecule has 4 aromatic rings. The number of likely N-dealkylation sites (N-methyl/N-ethyl adjacent to an activating group) is 1. The van der Waals surface area contributed by atoms with Gasteiger partial charge in [-0.1, -0.05) is 43.3 Å². The molecule has 1 aromatic carbocycles. The zero-order valence-electron chi connectivity index (χ0n) is 19.0. The molecule has 0 bridgehead atoms. The van der Waals surface area contributed by atoms with E-state index in [-0.39, 0.29) is 5.91 Å². The summed E-state index contributed by atoms with van der Waals surface area (Å²) in [5.74, 6) is 1.58. The summed E-state index contributed by atoms with van der Waals surface area (Å²) in [5.41, 5.74) is 3.36. The lowest BCUT2D eigenvalue weighted by atomic mass is 10.1. The van der Waals surface area contributed by atoms with Gasteiger partial charge in [0.05, 0.1) is 17.0 Å². The Bertz CT molecular complexity index is 1180. The average Bonchev–Trinajstić information content (AvgIpc) is 3.57. The van der Waals surface area contributed by atoms with Crippen LogP contribution in [0.2, 0.25) is 0 Å². The molecule has 172 valence electrons. The number of amides is 1. The first kappa shape index (κ1) is 23.7. The molecule has 0 N–H and O–H groups in total. The summed E-state index contributed by atoms with van der Waals surface area (Å²) in [6.07, 6.45) is 3.83. The predicted molar refractivity (Wildman–Crippen MR) is 137 cm³/mol. The number of nitrogens with zero attached hydrogens (tertiary/aromatic N) is 5. The molecule has 3 aromatic heterocycles. The average molecular weight is 498 g/mol. The summed E-state index contributed by atoms with van der Waals surface area (Å²) in [7, 11) is 3.53. The smallest absolute Gasteiger partial charge is 0.228 e. The summed E-state index contributed by atoms with van der Waals surface area (Å²) >= 11 is 4.80. The molecular weight excluding hydrogens is 470 g/mol. The van der Waals surface area contributed by atoms with Crippen molar-refractivity contribution in [1.29, 1.82) is 0 Å². The molecule has 0 aliphatic heterocycles. The Balaban J connectivity index is 1.55. The van der Waals surface area contributed by atoms with E-state index in [1.54, 1.807) is 42.1 Å². The molecular formula is C24H27N5OS3. The number of aryl methyl sites for hydroxylation is 1. The molecule has 0 aliphatic rings. The molecule has 1 amide bonds. The zero-order chi connectivity index (χ0) is 23.2. The first-order chi connectivity index (χ1) is 16.0. The summed E-state index contributed by atoms with van der Waals surface area (Å²) < 4.78 is 2.13. The second-order valence-corrected chi connectivity index (χ2v) is 10.7. The van der Waals surface area contributed by atoms with Crippen molar-refractivity contribution in [2.24, 2.45) is 0 Å². The van der Waals surface area contributed by atoms with Crippen LogP contribution >= 0.6 is 34.4 Å². The van der Waals surface area contributed by atoms with Crippen molar-refractivity contribution in [3.8, 4) is 16.4 Å². The maximum Gasteiger partial charge on any atom is 0.228 e. The van der Waals surface area contributed by atoms with Gasteiger partial charge in [-0.15, -0.1) is 32.9 Å². The van der Waals surface area contributed by atoms with E-state index in [9.17, 15) is 4.79 Å². The number of hydrogen-bond donors (Lipinski definition) is 0. The van der Waals surface area contributed by atoms with E-state index >= 15 is 0 Å². The van der Waals surface area contributed by atoms with Gasteiger partial charge in [0, 0.05) is 30.9 Å². The zero-order valence-corrected chi connectivity index (χ0v) is 21.5. The largest absolute Gasteiger partial charge is 0.348 e. The molecule has 9 heteroatoms. The van der Waals surface area contributed by atoms with E-state index in [0.717, 1.165) is 38.7 Å². The predicted octanol–water partition coefficient (Wildman–Crippen LogP) is 5.72. The molecule has 0 fully saturated rings. The number of thiophene rings is 1. The van der Waals surface area contributed by atoms with Gasteiger partial charge in [-0.05, 0) is 42.0 Å². The molecule has 33 heavy (non-hydrogen) atoms. The summed E-state index contributed by atoms with van der Waals surface area (Å²) in [5, 5.41) is 14.8. The first-order valence-corrected chi connectivity index (χ1v) is 13.6. The third-order valence-electron chi connectivity index (χ3n) is 5.14. The van der Waals surface area contributed by atoms with Gasteiger partial charge in [0.15, 0.2) is 11.0 Å². The fourth-order valence-corrected chi connectivity index (χ4v) is 5.71. The van der Waals surface area contributed by atoms with E-state index in [2.05, 4.69) is 62.4 Å². The lowest BCUT2D eigenvalue weighted by Crippen LogP contribution is -2.23. The van der Waals surface area contributed by atoms with Crippen molar-refractivity contribution in [2.45, 2.75) is 43.5 Å². The maximum atomic E-state index is 12.0. The molecule has 3 heterocycles. The van der Waals surface area contributed by atoms with Crippen molar-refractivity contribution in [2.75, 3.05) is 14.1 Å². The number of thioether (sulfide) groups is 1. The first-order valence-electron chi connectivity index (χ1n) is 10.9. The summed E-state index contributed by atoms with van der Waals surface area (Å²) in [4.78, 5) is 19.3. The number of carbonyl (C=O) groups is 1. The van der Waals surface area contributed by atoms with Crippen molar-refractivity contribution in [1.82, 2.24) is 24.6 Å². The Morgan fingerprint density at radius 3 is 2.64 bits per heavy atom. The Labute approximate surface area is 206 Å². The SMILES string of the molecule is CCCCc1ccc(-n2c(SCc3csc(CC(=O)N(C)C)n3)nnc2-c2cccs2)cc1. The van der Waals surface area contributed by atoms with Gasteiger partial charge in [0.25, 0.3) is 0 Å². The summed E-state index contributed by atoms with van der Waals surface area (Å²) in [6.45, 7) is 2.22. The number of carbonyl (C=O) groups excluding carboxylic acids is 1. The highest BCUT2D eigenvalue weighted by molar-refractivity contribution is 7.98. The second kappa shape index (κ2) is 11.1. The van der Waals surface area contributed by atoms with Gasteiger partial charge >= 0.3 is 0 Å². The van der Waals surface area contributed by atoms with Crippen LogP contribution in [0.3, 0.4) is 0 Å². The van der Waals surface area contributed by atoms with Crippen LogP contribution < -0.4 is 0 Å². The van der Waals surface area contributed by atoms with Crippen molar-refractivity contribution < 1.29 is 4.79 Å². The van der Waals surface area contributed by atoms with E-state index in [4.69, 9.17) is 0 Å². The van der Waals surface area contributed by atoms with E-state index < -0.39 is 0 Å². The molecule has 0 unspecified atom stereocenters. The van der Waals surface area contributed by atoms with E-state index in [0.29, 0.717) is 12.2 Å². The van der Waals surface area contributed by atoms with E-state index in [1.807, 2.05) is 11.4 Å². The number of benzene rings is 1. The van der Waals surface area contributed by atoms with Crippen LogP contribution in [-0.2, 0) is 23.4 Å². The second-order valence-electron chi connectivity index (χ2n) is 7.88. The fraction of sp³-hybridized carbons (Fsp3) is 0.333. The quantitative estimate of drug-likeness (QED) is 0.262. The van der Waals surface area contributed by atoms with Gasteiger partial charge in [-0.25, -0.2) is 4.98 Å². The Morgan fingerprint density at radius 1 is 1.12 bits per heavy atom. The van der Waals surface area contributed by atoms with Crippen LogP contribution in [0.4, 0.5) is 0 Å². The topological polar surface area (TPSA) is 63.9 Å². The van der Waals surface area contributed by atoms with Crippen LogP contribution in [0, 0.1) is 0 Å². The van der Waals surface area contributed by atoms with Crippen LogP contribution in [0.1, 0.15) is 36.0 Å². The van der Waals surface area contributed by atoms with Crippen molar-refractivity contribution >= 4 is 40.3 Å². The normalized spacial score (nSPS) is 11.1. The fourth-order valence-electron chi connectivity index (χ4n) is 3.28. The highest BCUT2D eigenvalue weighted by Crippen LogP contribution is 2.32. The standard InChI is InChI=1S/C24H27N5OS3/c1-4-5-7-17-9-11-19(12-10-17)29-23(20-8-6-13-31-20)26-27-24(29)33-16-18-15-32-21(25-18)14-22(30)28(2)3/h6,8-13,15H,4-5,7,14,16H2,1-3H3. The van der Waals surface area contributed by atoms with Crippen LogP contribution in [-0.4, -0.2) is 44.7 Å². The van der Waals surface area contributed by atoms with Gasteiger partial charge in [-0.2, -0.15) is 0 Å². The van der Waals surface area contributed by atoms with Gasteiger partial charge in [0.1, 0.15) is 5.01 Å². The van der Waals surface area contributed by atoms with Crippen LogP contribution in [0.25, 0.3) is 16.4 Å². The Kier molecular flexibility index (Phi) is 7.95.